The molecule has 0 saturated heterocycles. The fourth-order valence-corrected chi connectivity index (χ4v) is 4.70. The molecule has 0 aliphatic heterocycles. The molecular formula is C19H14N6Na2O7S2. The smallest absolute Gasteiger partial charge is 0.289 e. The monoisotopic (exact) mass is 548 g/mol. The normalized spacial score (nSPS) is 15.4. The Kier molecular flexibility index (Phi) is 11.6. The molecule has 2 N–H and O–H groups in total. The van der Waals surface area contributed by atoms with Gasteiger partial charge in [-0.2, -0.15) is 16.8 Å². The van der Waals surface area contributed by atoms with Crippen LogP contribution in [-0.4, -0.2) is 90.8 Å². The number of carbonyl (C=O) groups excluding carboxylic acids is 1. The Morgan fingerprint density at radius 3 is 1.42 bits per heavy atom. The second-order valence-electron chi connectivity index (χ2n) is 6.94. The molecule has 176 valence electrons. The largest absolute Gasteiger partial charge is 0.295 e. The first-order valence-corrected chi connectivity index (χ1v) is 12.1. The molecule has 1 saturated carbocycles. The van der Waals surface area contributed by atoms with Crippen molar-refractivity contribution in [1.29, 1.82) is 0 Å². The molecule has 1 aliphatic rings. The van der Waals surface area contributed by atoms with Crippen molar-refractivity contribution in [2.75, 3.05) is 0 Å². The summed E-state index contributed by atoms with van der Waals surface area (Å²) >= 11 is 0. The molecule has 0 bridgehead atoms. The predicted octanol–water partition coefficient (Wildman–Crippen LogP) is 4.13. The molecule has 0 unspecified atom stereocenters. The molecule has 1 aliphatic carbocycles. The zero-order valence-corrected chi connectivity index (χ0v) is 24.6. The van der Waals surface area contributed by atoms with E-state index < -0.39 is 35.8 Å². The molecular weight excluding hydrogens is 534 g/mol. The van der Waals surface area contributed by atoms with Gasteiger partial charge in [0.1, 0.15) is 9.79 Å². The third-order valence-corrected chi connectivity index (χ3v) is 6.60. The van der Waals surface area contributed by atoms with E-state index in [0.717, 1.165) is 12.1 Å². The van der Waals surface area contributed by atoms with Crippen LogP contribution in [0.1, 0.15) is 24.0 Å². The summed E-state index contributed by atoms with van der Waals surface area (Å²) in [5.41, 5.74) is 17.3. The third kappa shape index (κ3) is 7.76. The van der Waals surface area contributed by atoms with Crippen LogP contribution in [0.25, 0.3) is 33.0 Å². The number of allylic oxidation sites excluding steroid dienone is 2. The quantitative estimate of drug-likeness (QED) is 0.134. The minimum absolute atomic E-state index is 0. The van der Waals surface area contributed by atoms with Crippen LogP contribution in [0.15, 0.2) is 67.6 Å². The number of rotatable bonds is 6. The Balaban J connectivity index is 0.00000324. The van der Waals surface area contributed by atoms with Gasteiger partial charge in [-0.25, -0.2) is 0 Å². The SMILES string of the molecule is [N-]=[N+]=Nc1ccc(C=C2CCC(=Cc3ccc(N=[N+]=[N-])cc3S(=O)(=O)O)C2=O)c(S(=O)(=O)O)c1.[Na].[Na]. The van der Waals surface area contributed by atoms with Crippen LogP contribution in [0.5, 0.6) is 0 Å². The molecule has 13 nitrogen and oxygen atoms in total. The zero-order chi connectivity index (χ0) is 25.1. The van der Waals surface area contributed by atoms with E-state index in [-0.39, 0.29) is 106 Å². The van der Waals surface area contributed by atoms with Crippen molar-refractivity contribution in [3.8, 4) is 0 Å². The Hall–Kier alpha value is -1.97. The number of azide groups is 2. The molecule has 0 spiro atoms. The van der Waals surface area contributed by atoms with Crippen LogP contribution in [0.2, 0.25) is 0 Å². The van der Waals surface area contributed by atoms with Crippen LogP contribution in [0.3, 0.4) is 0 Å². The van der Waals surface area contributed by atoms with Crippen LogP contribution in [-0.2, 0) is 25.0 Å². The van der Waals surface area contributed by atoms with Crippen molar-refractivity contribution < 1.29 is 30.7 Å². The van der Waals surface area contributed by atoms with Crippen LogP contribution in [0, 0.1) is 0 Å². The maximum atomic E-state index is 12.9. The summed E-state index contributed by atoms with van der Waals surface area (Å²) in [6, 6.07) is 7.06. The molecule has 0 amide bonds. The van der Waals surface area contributed by atoms with Crippen LogP contribution < -0.4 is 0 Å². The van der Waals surface area contributed by atoms with Gasteiger partial charge in [-0.3, -0.25) is 13.9 Å². The molecule has 0 aromatic heterocycles. The molecule has 36 heavy (non-hydrogen) atoms. The summed E-state index contributed by atoms with van der Waals surface area (Å²) in [7, 11) is -9.42. The molecule has 3 rings (SSSR count). The zero-order valence-electron chi connectivity index (χ0n) is 19.0. The van der Waals surface area contributed by atoms with Crippen molar-refractivity contribution in [2.24, 2.45) is 10.2 Å². The van der Waals surface area contributed by atoms with E-state index in [9.17, 15) is 30.7 Å². The maximum absolute atomic E-state index is 12.9. The van der Waals surface area contributed by atoms with Crippen molar-refractivity contribution >= 4 is 109 Å². The van der Waals surface area contributed by atoms with Gasteiger partial charge in [0.05, 0.1) is 0 Å². The number of nitrogens with zero attached hydrogens (tertiary/aromatic N) is 6. The Morgan fingerprint density at radius 1 is 0.750 bits per heavy atom. The molecule has 1 fully saturated rings. The summed E-state index contributed by atoms with van der Waals surface area (Å²) in [4.78, 5) is 16.9. The van der Waals surface area contributed by atoms with E-state index >= 15 is 0 Å². The maximum Gasteiger partial charge on any atom is 0.295 e. The van der Waals surface area contributed by atoms with Crippen LogP contribution in [0.4, 0.5) is 11.4 Å². The average molecular weight is 548 g/mol. The van der Waals surface area contributed by atoms with E-state index in [1.165, 1.54) is 36.4 Å². The first-order valence-electron chi connectivity index (χ1n) is 9.23. The fourth-order valence-electron chi connectivity index (χ4n) is 3.31. The molecule has 2 radical (unpaired) electrons. The molecule has 2 aromatic carbocycles. The summed E-state index contributed by atoms with van der Waals surface area (Å²) in [6.07, 6.45) is 2.90. The summed E-state index contributed by atoms with van der Waals surface area (Å²) in [5.74, 6) is -0.499. The first kappa shape index (κ1) is 32.1. The standard InChI is InChI=1S/C19H14N6O7S2.2Na/c20-24-22-15-5-3-11(17(9-15)33(27,28)29)7-13-1-2-14(19(13)26)8-12-4-6-16(23-25-21)10-18(12)34(30,31)32;;/h3-10H,1-2H2,(H,27,28,29)(H,30,31,32);;. The third-order valence-electron chi connectivity index (χ3n) is 4.78. The van der Waals surface area contributed by atoms with Gasteiger partial charge in [0.25, 0.3) is 20.2 Å². The number of hydrogen-bond donors (Lipinski definition) is 2. The van der Waals surface area contributed by atoms with E-state index in [1.54, 1.807) is 0 Å². The molecule has 0 heterocycles. The predicted molar refractivity (Wildman–Crippen MR) is 132 cm³/mol. The van der Waals surface area contributed by atoms with Crippen molar-refractivity contribution in [3.05, 3.63) is 79.6 Å². The van der Waals surface area contributed by atoms with Crippen LogP contribution >= 0.6 is 0 Å². The minimum atomic E-state index is -4.71. The van der Waals surface area contributed by atoms with Gasteiger partial charge in [-0.15, -0.1) is 0 Å². The summed E-state index contributed by atoms with van der Waals surface area (Å²) < 4.78 is 66.1. The second-order valence-corrected chi connectivity index (χ2v) is 9.72. The fraction of sp³-hybridized carbons (Fsp3) is 0.105. The average Bonchev–Trinajstić information content (AvgIpc) is 3.08. The Labute approximate surface area is 249 Å². The van der Waals surface area contributed by atoms with Gasteiger partial charge >= 0.3 is 0 Å². The van der Waals surface area contributed by atoms with Gasteiger partial charge in [0.2, 0.25) is 0 Å². The first-order chi connectivity index (χ1) is 15.9. The van der Waals surface area contributed by atoms with Gasteiger partial charge in [-0.1, -0.05) is 34.5 Å². The Bertz CT molecular complexity index is 1470. The van der Waals surface area contributed by atoms with Gasteiger partial charge in [0, 0.05) is 91.5 Å². The van der Waals surface area contributed by atoms with Crippen molar-refractivity contribution in [2.45, 2.75) is 22.6 Å². The van der Waals surface area contributed by atoms with Crippen molar-refractivity contribution in [3.63, 3.8) is 0 Å². The van der Waals surface area contributed by atoms with E-state index in [4.69, 9.17) is 11.1 Å². The topological polar surface area (TPSA) is 223 Å². The number of Topliss-reactive ketones (excluding diaryl/α,β-unsaturated/α-hetero) is 1. The van der Waals surface area contributed by atoms with Gasteiger partial charge < -0.3 is 0 Å². The van der Waals surface area contributed by atoms with E-state index in [1.807, 2.05) is 0 Å². The van der Waals surface area contributed by atoms with Gasteiger partial charge in [-0.05, 0) is 59.3 Å². The van der Waals surface area contributed by atoms with E-state index in [0.29, 0.717) is 0 Å². The number of carbonyl (C=O) groups is 1. The summed E-state index contributed by atoms with van der Waals surface area (Å²) in [5, 5.41) is 6.57. The summed E-state index contributed by atoms with van der Waals surface area (Å²) in [6.45, 7) is 0. The molecule has 2 aromatic rings. The number of ketones is 1. The molecule has 0 atom stereocenters. The van der Waals surface area contributed by atoms with Crippen molar-refractivity contribution in [1.82, 2.24) is 0 Å². The second kappa shape index (κ2) is 13.0. The number of hydrogen-bond acceptors (Lipinski definition) is 7. The molecule has 17 heteroatoms. The minimum Gasteiger partial charge on any atom is -0.289 e. The van der Waals surface area contributed by atoms with E-state index in [2.05, 4.69) is 20.1 Å². The number of benzene rings is 2. The Morgan fingerprint density at radius 2 is 1.11 bits per heavy atom. The van der Waals surface area contributed by atoms with Gasteiger partial charge in [0.15, 0.2) is 5.78 Å².